The fourth-order valence-corrected chi connectivity index (χ4v) is 4.84. The number of benzene rings is 1. The highest BCUT2D eigenvalue weighted by Crippen LogP contribution is 2.44. The highest BCUT2D eigenvalue weighted by molar-refractivity contribution is 6.29. The summed E-state index contributed by atoms with van der Waals surface area (Å²) < 4.78 is 0. The van der Waals surface area contributed by atoms with Crippen LogP contribution in [0.15, 0.2) is 36.5 Å². The lowest BCUT2D eigenvalue weighted by molar-refractivity contribution is -0.122. The van der Waals surface area contributed by atoms with E-state index in [-0.39, 0.29) is 11.8 Å². The molecule has 3 heterocycles. The molecule has 1 amide bonds. The number of aromatic amines is 1. The number of amides is 1. The summed E-state index contributed by atoms with van der Waals surface area (Å²) in [4.78, 5) is 18.6. The van der Waals surface area contributed by atoms with Gasteiger partial charge in [0.05, 0.1) is 5.92 Å². The van der Waals surface area contributed by atoms with Gasteiger partial charge in [0.15, 0.2) is 11.0 Å². The first-order chi connectivity index (χ1) is 13.1. The van der Waals surface area contributed by atoms with E-state index in [0.717, 1.165) is 19.4 Å². The molecule has 138 valence electrons. The van der Waals surface area contributed by atoms with E-state index < -0.39 is 0 Å². The Morgan fingerprint density at radius 2 is 2.19 bits per heavy atom. The maximum absolute atomic E-state index is 12.9. The molecule has 1 aliphatic carbocycles. The number of anilines is 1. The molecule has 2 N–H and O–H groups in total. The van der Waals surface area contributed by atoms with Crippen LogP contribution in [0.25, 0.3) is 10.9 Å². The monoisotopic (exact) mass is 381 g/mol. The molecular formula is C20H20ClN5O. The minimum Gasteiger partial charge on any atom is -0.361 e. The zero-order valence-electron chi connectivity index (χ0n) is 14.9. The molecule has 7 heteroatoms. The molecule has 0 radical (unpaired) electrons. The molecule has 27 heavy (non-hydrogen) atoms. The zero-order chi connectivity index (χ0) is 18.5. The minimum absolute atomic E-state index is 0.0102. The first-order valence-electron chi connectivity index (χ1n) is 9.19. The molecule has 0 saturated carbocycles. The molecule has 1 aliphatic heterocycles. The summed E-state index contributed by atoms with van der Waals surface area (Å²) in [6.07, 6.45) is 4.00. The standard InChI is InChI=1S/C20H20ClN5O/c1-26-10-12(20(27)23-18-6-5-17(21)24-25-18)7-14-13-3-2-4-15-19(13)11(9-22-15)8-16(14)26/h2-6,9,12,14,16,22H,7-8,10H2,1H3,(H,23,25,27)/t12-,14+,16+/m0/s1. The smallest absolute Gasteiger partial charge is 0.230 e. The third-order valence-corrected chi connectivity index (χ3v) is 6.18. The van der Waals surface area contributed by atoms with Gasteiger partial charge >= 0.3 is 0 Å². The molecule has 6 nitrogen and oxygen atoms in total. The van der Waals surface area contributed by atoms with Gasteiger partial charge in [0.25, 0.3) is 0 Å². The first-order valence-corrected chi connectivity index (χ1v) is 9.57. The van der Waals surface area contributed by atoms with E-state index in [9.17, 15) is 4.79 Å². The number of likely N-dealkylation sites (N-methyl/N-ethyl adjacent to an activating group) is 1. The van der Waals surface area contributed by atoms with E-state index in [0.29, 0.717) is 22.9 Å². The Balaban J connectivity index is 1.42. The first kappa shape index (κ1) is 16.7. The van der Waals surface area contributed by atoms with Gasteiger partial charge in [-0.15, -0.1) is 10.2 Å². The summed E-state index contributed by atoms with van der Waals surface area (Å²) in [6, 6.07) is 10.2. The number of fused-ring (bicyclic) bond motifs is 2. The molecule has 2 aliphatic rings. The van der Waals surface area contributed by atoms with E-state index >= 15 is 0 Å². The van der Waals surface area contributed by atoms with E-state index in [4.69, 9.17) is 11.6 Å². The number of carbonyl (C=O) groups is 1. The van der Waals surface area contributed by atoms with Crippen LogP contribution in [0, 0.1) is 5.92 Å². The minimum atomic E-state index is -0.0931. The quantitative estimate of drug-likeness (QED) is 0.714. The van der Waals surface area contributed by atoms with Crippen molar-refractivity contribution >= 4 is 34.2 Å². The lowest BCUT2D eigenvalue weighted by atomic mass is 9.72. The third kappa shape index (κ3) is 2.80. The van der Waals surface area contributed by atoms with Crippen LogP contribution in [-0.4, -0.2) is 45.6 Å². The molecule has 1 fully saturated rings. The van der Waals surface area contributed by atoms with Crippen molar-refractivity contribution in [1.29, 1.82) is 0 Å². The van der Waals surface area contributed by atoms with Crippen molar-refractivity contribution < 1.29 is 4.79 Å². The molecule has 2 aromatic heterocycles. The van der Waals surface area contributed by atoms with Crippen molar-refractivity contribution in [2.75, 3.05) is 18.9 Å². The SMILES string of the molecule is CN1C[C@@H](C(=O)Nc2ccc(Cl)nn2)C[C@@H]2c3cccc4[nH]cc(c34)C[C@H]21. The molecule has 0 spiro atoms. The molecule has 1 aromatic carbocycles. The number of hydrogen-bond acceptors (Lipinski definition) is 4. The predicted octanol–water partition coefficient (Wildman–Crippen LogP) is 3.21. The molecular weight excluding hydrogens is 362 g/mol. The van der Waals surface area contributed by atoms with Gasteiger partial charge in [0.1, 0.15) is 0 Å². The van der Waals surface area contributed by atoms with Gasteiger partial charge in [-0.05, 0) is 49.2 Å². The van der Waals surface area contributed by atoms with Gasteiger partial charge in [-0.25, -0.2) is 0 Å². The van der Waals surface area contributed by atoms with Crippen molar-refractivity contribution in [3.63, 3.8) is 0 Å². The number of halogens is 1. The Morgan fingerprint density at radius 3 is 3.00 bits per heavy atom. The third-order valence-electron chi connectivity index (χ3n) is 5.98. The average Bonchev–Trinajstić information content (AvgIpc) is 3.09. The lowest BCUT2D eigenvalue weighted by Crippen LogP contribution is -2.50. The second-order valence-corrected chi connectivity index (χ2v) is 7.95. The van der Waals surface area contributed by atoms with Crippen molar-refractivity contribution in [3.8, 4) is 0 Å². The van der Waals surface area contributed by atoms with E-state index in [2.05, 4.69) is 56.8 Å². The fourth-order valence-electron chi connectivity index (χ4n) is 4.74. The average molecular weight is 382 g/mol. The van der Waals surface area contributed by atoms with Crippen molar-refractivity contribution in [2.24, 2.45) is 5.92 Å². The summed E-state index contributed by atoms with van der Waals surface area (Å²) in [5.74, 6) is 0.684. The van der Waals surface area contributed by atoms with Crippen LogP contribution in [0.4, 0.5) is 5.82 Å². The maximum Gasteiger partial charge on any atom is 0.230 e. The van der Waals surface area contributed by atoms with Crippen LogP contribution in [-0.2, 0) is 11.2 Å². The number of hydrogen-bond donors (Lipinski definition) is 2. The summed E-state index contributed by atoms with van der Waals surface area (Å²) >= 11 is 5.77. The van der Waals surface area contributed by atoms with Gasteiger partial charge in [-0.1, -0.05) is 23.7 Å². The number of nitrogens with zero attached hydrogens (tertiary/aromatic N) is 3. The van der Waals surface area contributed by atoms with Gasteiger partial charge < -0.3 is 15.2 Å². The Labute approximate surface area is 161 Å². The molecule has 3 aromatic rings. The Morgan fingerprint density at radius 1 is 1.30 bits per heavy atom. The largest absolute Gasteiger partial charge is 0.361 e. The van der Waals surface area contributed by atoms with Gasteiger partial charge in [-0.2, -0.15) is 0 Å². The summed E-state index contributed by atoms with van der Waals surface area (Å²) in [5.41, 5.74) is 3.93. The predicted molar refractivity (Wildman–Crippen MR) is 105 cm³/mol. The van der Waals surface area contributed by atoms with Gasteiger partial charge in [0.2, 0.25) is 5.91 Å². The summed E-state index contributed by atoms with van der Waals surface area (Å²) in [7, 11) is 2.12. The topological polar surface area (TPSA) is 73.9 Å². The van der Waals surface area contributed by atoms with Crippen molar-refractivity contribution in [1.82, 2.24) is 20.1 Å². The Hall–Kier alpha value is -2.44. The lowest BCUT2D eigenvalue weighted by Gasteiger charge is -2.45. The highest BCUT2D eigenvalue weighted by Gasteiger charge is 2.41. The second-order valence-electron chi connectivity index (χ2n) is 7.56. The second kappa shape index (κ2) is 6.32. The van der Waals surface area contributed by atoms with Crippen LogP contribution >= 0.6 is 11.6 Å². The van der Waals surface area contributed by atoms with Gasteiger partial charge in [0, 0.05) is 35.6 Å². The Kier molecular flexibility index (Phi) is 3.91. The van der Waals surface area contributed by atoms with Crippen LogP contribution in [0.5, 0.6) is 0 Å². The number of rotatable bonds is 2. The Bertz CT molecular complexity index is 1010. The molecule has 0 unspecified atom stereocenters. The number of piperidine rings is 1. The highest BCUT2D eigenvalue weighted by atomic mass is 35.5. The van der Waals surface area contributed by atoms with Crippen LogP contribution in [0.1, 0.15) is 23.5 Å². The normalized spacial score (nSPS) is 24.6. The molecule has 5 rings (SSSR count). The van der Waals surface area contributed by atoms with E-state index in [1.54, 1.807) is 12.1 Å². The number of H-pyrrole nitrogens is 1. The zero-order valence-corrected chi connectivity index (χ0v) is 15.7. The molecule has 0 bridgehead atoms. The molecule has 1 saturated heterocycles. The van der Waals surface area contributed by atoms with Crippen molar-refractivity contribution in [3.05, 3.63) is 52.8 Å². The summed E-state index contributed by atoms with van der Waals surface area (Å²) in [5, 5.41) is 12.3. The summed E-state index contributed by atoms with van der Waals surface area (Å²) in [6.45, 7) is 0.740. The molecule has 3 atom stereocenters. The van der Waals surface area contributed by atoms with Gasteiger partial charge in [-0.3, -0.25) is 4.79 Å². The number of carbonyl (C=O) groups excluding carboxylic acids is 1. The fraction of sp³-hybridized carbons (Fsp3) is 0.350. The number of nitrogens with one attached hydrogen (secondary N) is 2. The van der Waals surface area contributed by atoms with Crippen LogP contribution in [0.2, 0.25) is 5.15 Å². The van der Waals surface area contributed by atoms with Crippen LogP contribution in [0.3, 0.4) is 0 Å². The van der Waals surface area contributed by atoms with Crippen molar-refractivity contribution in [2.45, 2.75) is 24.8 Å². The number of likely N-dealkylation sites (tertiary alicyclic amines) is 1. The van der Waals surface area contributed by atoms with E-state index in [1.165, 1.54) is 22.0 Å². The van der Waals surface area contributed by atoms with E-state index in [1.807, 2.05) is 0 Å². The number of aromatic nitrogens is 3. The van der Waals surface area contributed by atoms with Crippen LogP contribution < -0.4 is 5.32 Å². The maximum atomic E-state index is 12.9.